The van der Waals surface area contributed by atoms with Crippen molar-refractivity contribution < 1.29 is 61.9 Å². The number of hydrogen-bond donors (Lipinski definition) is 7. The molecular formula is C41H77N10O12S+. The molecule has 0 aromatic carbocycles. The van der Waals surface area contributed by atoms with Crippen LogP contribution >= 0.6 is 11.8 Å². The fraction of sp³-hybridized carbons (Fsp3) is 0.805. The smallest absolute Gasteiger partial charge is 0.312 e. The molecule has 0 bridgehead atoms. The molecule has 368 valence electrons. The summed E-state index contributed by atoms with van der Waals surface area (Å²) in [4.78, 5) is 73.0. The average molecular weight is 934 g/mol. The summed E-state index contributed by atoms with van der Waals surface area (Å²) < 4.78 is 36.6. The van der Waals surface area contributed by atoms with E-state index >= 15 is 0 Å². The molecule has 0 fully saturated rings. The first kappa shape index (κ1) is 58.0. The number of nitrogens with one attached hydrogen (secondary N) is 5. The zero-order valence-corrected chi connectivity index (χ0v) is 39.3. The summed E-state index contributed by atoms with van der Waals surface area (Å²) >= 11 is 1.70. The standard InChI is InChI=1S/C41H76N10O12S/c1-5-35(52)34(10-8-13-46-41(43)57)47-40(56)38(32(2)3)48-37(54)12-20-59-24-28-63-29-25-60-21-14-44-36(53)11-19-58-23-27-62-30-26-61-22-15-45-39(55)33(42)9-6-7-16-50-17-18-51(49-50)31-64-4/h17-18,32-34,38H,5-16,19-31,42H2,1-4H3,(H6-,43,44,45,46,47,48,53,54,55,56,57)/p+1. The molecule has 0 aliphatic heterocycles. The first-order valence-electron chi connectivity index (χ1n) is 22.2. The van der Waals surface area contributed by atoms with Crippen LogP contribution in [0.2, 0.25) is 0 Å². The van der Waals surface area contributed by atoms with Crippen molar-refractivity contribution in [2.24, 2.45) is 17.4 Å². The highest BCUT2D eigenvalue weighted by molar-refractivity contribution is 7.97. The fourth-order valence-corrected chi connectivity index (χ4v) is 6.11. The van der Waals surface area contributed by atoms with Crippen molar-refractivity contribution >= 4 is 47.2 Å². The molecule has 3 atom stereocenters. The number of amides is 6. The highest BCUT2D eigenvalue weighted by Crippen LogP contribution is 2.07. The van der Waals surface area contributed by atoms with Gasteiger partial charge in [-0.25, -0.2) is 4.79 Å². The predicted octanol–water partition coefficient (Wildman–Crippen LogP) is -0.846. The second kappa shape index (κ2) is 38.3. The first-order valence-corrected chi connectivity index (χ1v) is 23.6. The molecular weight excluding hydrogens is 857 g/mol. The molecule has 6 amide bonds. The molecule has 9 N–H and O–H groups in total. The lowest BCUT2D eigenvalue weighted by molar-refractivity contribution is -0.736. The third-order valence-electron chi connectivity index (χ3n) is 9.23. The number of rotatable bonds is 42. The van der Waals surface area contributed by atoms with E-state index in [-0.39, 0.29) is 75.1 Å². The maximum Gasteiger partial charge on any atom is 0.312 e. The number of urea groups is 1. The second-order valence-electron chi connectivity index (χ2n) is 14.9. The number of ether oxygens (including phenoxy) is 6. The van der Waals surface area contributed by atoms with Crippen molar-refractivity contribution in [1.82, 2.24) is 36.5 Å². The highest BCUT2D eigenvalue weighted by Gasteiger charge is 2.28. The Balaban J connectivity index is 1.93. The normalized spacial score (nSPS) is 12.7. The number of ketones is 1. The zero-order chi connectivity index (χ0) is 47.2. The number of carbonyl (C=O) groups is 6. The summed E-state index contributed by atoms with van der Waals surface area (Å²) in [7, 11) is 0. The van der Waals surface area contributed by atoms with E-state index in [9.17, 15) is 28.8 Å². The van der Waals surface area contributed by atoms with Gasteiger partial charge in [0.15, 0.2) is 24.1 Å². The number of carbonyl (C=O) groups excluding carboxylic acids is 6. The molecule has 0 aliphatic rings. The Labute approximate surface area is 382 Å². The van der Waals surface area contributed by atoms with E-state index in [0.717, 1.165) is 25.3 Å². The van der Waals surface area contributed by atoms with Crippen molar-refractivity contribution in [3.05, 3.63) is 12.4 Å². The number of Topliss-reactive ketones (excluding diaryl/α,β-unsaturated/α-hetero) is 1. The largest absolute Gasteiger partial charge is 0.379 e. The summed E-state index contributed by atoms with van der Waals surface area (Å²) in [6.07, 6.45) is 9.49. The van der Waals surface area contributed by atoms with Crippen LogP contribution in [0.25, 0.3) is 0 Å². The van der Waals surface area contributed by atoms with Crippen LogP contribution in [-0.4, -0.2) is 169 Å². The van der Waals surface area contributed by atoms with Crippen molar-refractivity contribution in [3.63, 3.8) is 0 Å². The Bertz CT molecular complexity index is 1440. The zero-order valence-electron chi connectivity index (χ0n) is 38.4. The van der Waals surface area contributed by atoms with Crippen LogP contribution in [0.3, 0.4) is 0 Å². The number of hydrogen-bond acceptors (Lipinski definition) is 15. The number of unbranched alkanes of at least 4 members (excludes halogenated alkanes) is 1. The average Bonchev–Trinajstić information content (AvgIpc) is 3.72. The van der Waals surface area contributed by atoms with Gasteiger partial charge in [-0.1, -0.05) is 20.8 Å². The number of aromatic nitrogens is 3. The number of nitrogens with zero attached hydrogens (tertiary/aromatic N) is 3. The molecule has 1 rings (SSSR count). The maximum atomic E-state index is 13.0. The van der Waals surface area contributed by atoms with Crippen LogP contribution in [-0.2, 0) is 64.8 Å². The molecule has 1 aromatic heterocycles. The molecule has 1 heterocycles. The topological polar surface area (TPSA) is 292 Å². The van der Waals surface area contributed by atoms with Gasteiger partial charge in [-0.05, 0) is 44.3 Å². The SMILES string of the molecule is CCC(=O)C(CCCNC(N)=O)NC(=O)C(NC(=O)CCOCCOCCOCCNC(=O)CCOCCOCCOCCNC(=O)C(N)CCCCn1cc[n+](CSC)n1)C(C)C. The van der Waals surface area contributed by atoms with Gasteiger partial charge < -0.3 is 66.5 Å². The molecule has 3 unspecified atom stereocenters. The fourth-order valence-electron chi connectivity index (χ4n) is 5.71. The molecule has 0 radical (unpaired) electrons. The molecule has 0 aliphatic carbocycles. The minimum Gasteiger partial charge on any atom is -0.379 e. The van der Waals surface area contributed by atoms with Crippen LogP contribution in [0.5, 0.6) is 0 Å². The Morgan fingerprint density at radius 2 is 1.25 bits per heavy atom. The summed E-state index contributed by atoms with van der Waals surface area (Å²) in [5.41, 5.74) is 11.1. The van der Waals surface area contributed by atoms with Gasteiger partial charge in [0.25, 0.3) is 0 Å². The quantitative estimate of drug-likeness (QED) is 0.0311. The molecule has 0 saturated carbocycles. The second-order valence-corrected chi connectivity index (χ2v) is 15.8. The van der Waals surface area contributed by atoms with Gasteiger partial charge in [-0.2, -0.15) is 0 Å². The maximum absolute atomic E-state index is 13.0. The van der Waals surface area contributed by atoms with Crippen molar-refractivity contribution in [1.29, 1.82) is 0 Å². The van der Waals surface area contributed by atoms with E-state index in [0.29, 0.717) is 91.8 Å². The molecule has 0 saturated heterocycles. The number of nitrogens with two attached hydrogens (primary N) is 2. The third-order valence-corrected chi connectivity index (χ3v) is 9.75. The van der Waals surface area contributed by atoms with Gasteiger partial charge in [0, 0.05) is 38.9 Å². The Hall–Kier alpha value is -3.97. The lowest BCUT2D eigenvalue weighted by atomic mass is 10.00. The lowest BCUT2D eigenvalue weighted by Gasteiger charge is -2.25. The van der Waals surface area contributed by atoms with Crippen molar-refractivity contribution in [2.75, 3.05) is 105 Å². The minimum atomic E-state index is -0.838. The lowest BCUT2D eigenvalue weighted by Crippen LogP contribution is -2.53. The molecule has 1 aromatic rings. The van der Waals surface area contributed by atoms with Crippen LogP contribution in [0.1, 0.15) is 72.1 Å². The predicted molar refractivity (Wildman–Crippen MR) is 239 cm³/mol. The van der Waals surface area contributed by atoms with Gasteiger partial charge >= 0.3 is 6.03 Å². The number of aryl methyl sites for hydroxylation is 1. The molecule has 22 nitrogen and oxygen atoms in total. The van der Waals surface area contributed by atoms with Gasteiger partial charge in [0.1, 0.15) is 12.6 Å². The van der Waals surface area contributed by atoms with E-state index in [1.807, 2.05) is 28.0 Å². The summed E-state index contributed by atoms with van der Waals surface area (Å²) in [5.74, 6) is -0.718. The van der Waals surface area contributed by atoms with Gasteiger partial charge in [-0.15, -0.1) is 21.1 Å². The first-order chi connectivity index (χ1) is 30.9. The summed E-state index contributed by atoms with van der Waals surface area (Å²) in [5, 5.41) is 17.9. The van der Waals surface area contributed by atoms with E-state index in [1.54, 1.807) is 32.5 Å². The van der Waals surface area contributed by atoms with Crippen LogP contribution < -0.4 is 42.7 Å². The van der Waals surface area contributed by atoms with Gasteiger partial charge in [0.2, 0.25) is 23.6 Å². The van der Waals surface area contributed by atoms with Crippen LogP contribution in [0, 0.1) is 5.92 Å². The van der Waals surface area contributed by atoms with Crippen LogP contribution in [0.4, 0.5) is 4.79 Å². The summed E-state index contributed by atoms with van der Waals surface area (Å²) in [6, 6.07) is -2.79. The number of thioether (sulfide) groups is 1. The molecule has 0 spiro atoms. The Morgan fingerprint density at radius 3 is 1.81 bits per heavy atom. The third kappa shape index (κ3) is 31.0. The molecule has 23 heteroatoms. The van der Waals surface area contributed by atoms with E-state index in [1.165, 1.54) is 0 Å². The van der Waals surface area contributed by atoms with E-state index in [2.05, 4.69) is 31.8 Å². The Kier molecular flexibility index (Phi) is 34.7. The minimum absolute atomic E-state index is 0.0372. The van der Waals surface area contributed by atoms with E-state index in [4.69, 9.17) is 39.9 Å². The molecule has 64 heavy (non-hydrogen) atoms. The highest BCUT2D eigenvalue weighted by atomic mass is 32.2. The monoisotopic (exact) mass is 934 g/mol. The van der Waals surface area contributed by atoms with Crippen molar-refractivity contribution in [3.8, 4) is 0 Å². The van der Waals surface area contributed by atoms with Crippen LogP contribution in [0.15, 0.2) is 12.4 Å². The van der Waals surface area contributed by atoms with E-state index < -0.39 is 30.1 Å². The van der Waals surface area contributed by atoms with Crippen molar-refractivity contribution in [2.45, 2.75) is 103 Å². The number of primary amides is 1. The summed E-state index contributed by atoms with van der Waals surface area (Å²) in [6.45, 7) is 10.8. The van der Waals surface area contributed by atoms with Gasteiger partial charge in [0.05, 0.1) is 96.6 Å². The van der Waals surface area contributed by atoms with Gasteiger partial charge in [-0.3, -0.25) is 24.0 Å². The Morgan fingerprint density at radius 1 is 0.688 bits per heavy atom.